The van der Waals surface area contributed by atoms with Crippen LogP contribution in [0.3, 0.4) is 0 Å². The zero-order valence-electron chi connectivity index (χ0n) is 54.6. The van der Waals surface area contributed by atoms with Gasteiger partial charge in [-0.05, 0) is 214 Å². The fourth-order valence-electron chi connectivity index (χ4n) is 11.5. The van der Waals surface area contributed by atoms with Crippen LogP contribution in [0.25, 0.3) is 39.0 Å². The lowest BCUT2D eigenvalue weighted by molar-refractivity contribution is -0.297. The molecule has 0 aromatic heterocycles. The number of unbranched alkanes of at least 4 members (excludes halogenated alkanes) is 2. The maximum Gasteiger partial charge on any atom is 0.306 e. The van der Waals surface area contributed by atoms with Gasteiger partial charge in [0.25, 0.3) is 0 Å². The maximum absolute atomic E-state index is 14.2. The van der Waals surface area contributed by atoms with E-state index in [9.17, 15) is 29.4 Å². The van der Waals surface area contributed by atoms with Crippen molar-refractivity contribution in [1.82, 2.24) is 0 Å². The highest BCUT2D eigenvalue weighted by molar-refractivity contribution is 6.40. The summed E-state index contributed by atoms with van der Waals surface area (Å²) in [6, 6.07) is 30.1. The number of Topliss-reactive ketones (excluding diaryl/α,β-unsaturated/α-hetero) is 1. The van der Waals surface area contributed by atoms with Crippen LogP contribution in [0.4, 0.5) is 0 Å². The molecule has 0 fully saturated rings. The van der Waals surface area contributed by atoms with Crippen LogP contribution in [0.5, 0.6) is 0 Å². The van der Waals surface area contributed by atoms with Gasteiger partial charge in [-0.1, -0.05) is 197 Å². The topological polar surface area (TPSA) is 161 Å². The number of hydrogen-bond acceptors (Lipinski definition) is 7. The molecule has 0 atom stereocenters. The molecule has 0 aromatic rings. The van der Waals surface area contributed by atoms with Crippen molar-refractivity contribution < 1.29 is 44.3 Å². The zero-order valence-corrected chi connectivity index (χ0v) is 54.6. The van der Waals surface area contributed by atoms with Gasteiger partial charge in [-0.2, -0.15) is 0 Å². The molecule has 0 saturated carbocycles. The van der Waals surface area contributed by atoms with Gasteiger partial charge in [0.15, 0.2) is 5.78 Å². The Balaban J connectivity index is 0.000000250. The number of aliphatic hydroxyl groups is 1. The molecule has 0 radical (unpaired) electrons. The number of aliphatic hydroxyl groups excluding tert-OH is 1. The van der Waals surface area contributed by atoms with Crippen LogP contribution in [0.2, 0.25) is 0 Å². The zero-order chi connectivity index (χ0) is 64.0. The second-order valence-electron chi connectivity index (χ2n) is 25.1. The number of aliphatic carboxylic acids is 2. The minimum atomic E-state index is -0.893. The molecule has 87 heavy (non-hydrogen) atoms. The number of fused-ring (bicyclic) bond motifs is 3. The normalized spacial score (nSPS) is 14.7. The minimum absolute atomic E-state index is 0.0442. The van der Waals surface area contributed by atoms with Gasteiger partial charge < -0.3 is 25.2 Å². The lowest BCUT2D eigenvalue weighted by Crippen LogP contribution is -2.30. The van der Waals surface area contributed by atoms with E-state index in [0.717, 1.165) is 81.4 Å². The van der Waals surface area contributed by atoms with E-state index in [1.165, 1.54) is 55.6 Å². The Kier molecular flexibility index (Phi) is 24.7. The van der Waals surface area contributed by atoms with Crippen LogP contribution in [0.15, 0.2) is 148 Å². The largest absolute Gasteiger partial charge is 0.871 e. The Morgan fingerprint density at radius 3 is 1.60 bits per heavy atom. The van der Waals surface area contributed by atoms with Gasteiger partial charge in [-0.3, -0.25) is 19.2 Å². The highest BCUT2D eigenvalue weighted by atomic mass is 16.5. The predicted octanol–water partition coefficient (Wildman–Crippen LogP) is 18.0. The van der Waals surface area contributed by atoms with Crippen LogP contribution in [-0.2, 0) is 36.8 Å². The van der Waals surface area contributed by atoms with E-state index in [1.807, 2.05) is 45.1 Å². The molecule has 0 heterocycles. The third kappa shape index (κ3) is 16.9. The van der Waals surface area contributed by atoms with E-state index in [4.69, 9.17) is 14.9 Å². The van der Waals surface area contributed by atoms with Gasteiger partial charge in [-0.15, -0.1) is 0 Å². The summed E-state index contributed by atoms with van der Waals surface area (Å²) in [6.07, 6.45) is 12.1. The van der Waals surface area contributed by atoms with Crippen LogP contribution in [0, 0.1) is 33.6 Å². The van der Waals surface area contributed by atoms with Gasteiger partial charge in [-0.25, -0.2) is 0 Å². The first kappa shape index (κ1) is 68.5. The van der Waals surface area contributed by atoms with Crippen molar-refractivity contribution >= 4 is 29.3 Å². The van der Waals surface area contributed by atoms with Gasteiger partial charge in [0.2, 0.25) is 0 Å². The molecular weight excluding hydrogens is 1080 g/mol. The molecule has 3 N–H and O–H groups in total. The van der Waals surface area contributed by atoms with Crippen LogP contribution >= 0.6 is 0 Å². The molecule has 9 heteroatoms. The summed E-state index contributed by atoms with van der Waals surface area (Å²) in [7, 11) is 0. The second-order valence-corrected chi connectivity index (χ2v) is 25.1. The predicted molar refractivity (Wildman–Crippen MR) is 355 cm³/mol. The van der Waals surface area contributed by atoms with Gasteiger partial charge >= 0.3 is 17.9 Å². The van der Waals surface area contributed by atoms with Crippen molar-refractivity contribution in [2.45, 2.75) is 192 Å². The Morgan fingerprint density at radius 1 is 0.540 bits per heavy atom. The summed E-state index contributed by atoms with van der Waals surface area (Å²) >= 11 is 0. The van der Waals surface area contributed by atoms with Crippen molar-refractivity contribution in [2.24, 2.45) is 5.92 Å². The van der Waals surface area contributed by atoms with Gasteiger partial charge in [0, 0.05) is 37.0 Å². The number of ketones is 1. The van der Waals surface area contributed by atoms with E-state index in [2.05, 4.69) is 162 Å². The number of rotatable bonds is 19. The molecule has 0 bridgehead atoms. The average Bonchev–Trinajstić information content (AvgIpc) is 1.66. The molecular formula is C78H95O9-. The number of hydrogen-bond donors (Lipinski definition) is 3. The SMILES string of the molecule is CCCCO.CCCCOC(=O)CCc1ccc(C(C)C)cc2c(C)cc(C3=C([O-])C(=C4C=C(C)C5=C4C(CCC(=O)O)=CC=C(C(C)C)C5)C3=O)c1-2.Cc1ccc(C(C)C)cc2c(C)ccc1-2.Cc1ccc2c(CCC(=O)O)ccc(C(C)C)cc1-2. The first-order chi connectivity index (χ1) is 41.3. The molecule has 0 amide bonds. The number of aryl methyl sites for hydroxylation is 6. The quantitative estimate of drug-likeness (QED) is 0.0407. The number of carboxylic acid groups (broad SMARTS) is 2. The fourth-order valence-corrected chi connectivity index (χ4v) is 11.5. The van der Waals surface area contributed by atoms with Crippen molar-refractivity contribution in [3.05, 3.63) is 204 Å². The Morgan fingerprint density at radius 2 is 1.06 bits per heavy atom. The number of ether oxygens (including phenoxy) is 1. The van der Waals surface area contributed by atoms with Crippen molar-refractivity contribution in [2.75, 3.05) is 13.2 Å². The van der Waals surface area contributed by atoms with Crippen LogP contribution in [0.1, 0.15) is 207 Å². The molecule has 9 nitrogen and oxygen atoms in total. The molecule has 0 saturated heterocycles. The highest BCUT2D eigenvalue weighted by Gasteiger charge is 2.38. The summed E-state index contributed by atoms with van der Waals surface area (Å²) < 4.78 is 5.43. The first-order valence-electron chi connectivity index (χ1n) is 31.6. The summed E-state index contributed by atoms with van der Waals surface area (Å²) in [4.78, 5) is 49.2. The third-order valence-corrected chi connectivity index (χ3v) is 17.1. The standard InChI is InChI=1S/C42H48O6.C17H20O2.C15H18.C4H10O/c1-8-9-18-48-36(45)17-15-28-11-13-30(24(4)5)22-32-26(7)20-34(38(28)32)40-41(46)39(42(40)47)33-19-25(6)31-21-29(23(2)3)12-10-27(37(31)33)14-16-35(43)44;1-11(2)14-6-5-13(7-9-17(18)19)15-8-4-12(3)16(15)10-14;1-10(2)13-7-5-11(3)14-8-6-12(4)15(14)9-13;1-2-3-4-5/h10-13,19-20,22-24,46H,8-9,14-18,21H2,1-7H3,(H,43,44);4-6,8,10-11H,7,9H2,1-3H3,(H,18,19);5-10H,1-4H3;5H,2-4H2,1H3/p-1. The van der Waals surface area contributed by atoms with E-state index in [0.29, 0.717) is 67.8 Å². The molecule has 9 aliphatic rings. The molecule has 9 aliphatic carbocycles. The number of carboxylic acids is 2. The molecule has 9 rings (SSSR count). The average molecular weight is 1180 g/mol. The van der Waals surface area contributed by atoms with E-state index >= 15 is 0 Å². The third-order valence-electron chi connectivity index (χ3n) is 17.1. The molecule has 462 valence electrons. The highest BCUT2D eigenvalue weighted by Crippen LogP contribution is 2.51. The summed E-state index contributed by atoms with van der Waals surface area (Å²) in [6.45, 7) is 32.7. The Bertz CT molecular complexity index is 3560. The van der Waals surface area contributed by atoms with Gasteiger partial charge in [0.1, 0.15) is 0 Å². The van der Waals surface area contributed by atoms with Gasteiger partial charge in [0.05, 0.1) is 6.61 Å². The number of esters is 1. The van der Waals surface area contributed by atoms with Crippen molar-refractivity contribution in [3.63, 3.8) is 0 Å². The van der Waals surface area contributed by atoms with Crippen LogP contribution in [-0.4, -0.2) is 52.2 Å². The molecule has 0 aromatic carbocycles. The van der Waals surface area contributed by atoms with E-state index in [1.54, 1.807) is 0 Å². The molecule has 0 unspecified atom stereocenters. The summed E-state index contributed by atoms with van der Waals surface area (Å²) in [5, 5.41) is 40.7. The smallest absolute Gasteiger partial charge is 0.306 e. The van der Waals surface area contributed by atoms with Crippen LogP contribution < -0.4 is 5.11 Å². The Labute approximate surface area is 519 Å². The minimum Gasteiger partial charge on any atom is -0.871 e. The van der Waals surface area contributed by atoms with Crippen molar-refractivity contribution in [1.29, 1.82) is 0 Å². The number of carbonyl (C=O) groups is 4. The Hall–Kier alpha value is -7.62. The number of carbonyl (C=O) groups excluding carboxylic acids is 2. The molecule has 0 spiro atoms. The lowest BCUT2D eigenvalue weighted by Gasteiger charge is -2.33. The fraction of sp³-hybridized carbons (Fsp3) is 0.410. The first-order valence-corrected chi connectivity index (χ1v) is 31.6. The monoisotopic (exact) mass is 1180 g/mol. The summed E-state index contributed by atoms with van der Waals surface area (Å²) in [5.74, 6) is -0.864. The second kappa shape index (κ2) is 31.3. The van der Waals surface area contributed by atoms with Crippen molar-refractivity contribution in [3.8, 4) is 33.4 Å². The summed E-state index contributed by atoms with van der Waals surface area (Å²) in [5.41, 5.74) is 24.3. The van der Waals surface area contributed by atoms with E-state index < -0.39 is 11.9 Å². The van der Waals surface area contributed by atoms with E-state index in [-0.39, 0.29) is 53.8 Å². The lowest BCUT2D eigenvalue weighted by atomic mass is 9.77. The number of allylic oxidation sites excluding steroid dienone is 11. The maximum atomic E-state index is 14.2. The molecule has 0 aliphatic heterocycles.